The number of likely N-dealkylation sites (N-methyl/N-ethyl adjacent to an activating group) is 1. The fourth-order valence-corrected chi connectivity index (χ4v) is 2.24. The smallest absolute Gasteiger partial charge is 0.270 e. The molecule has 5 nitrogen and oxygen atoms in total. The maximum Gasteiger partial charge on any atom is 0.270 e. The molecule has 0 aliphatic carbocycles. The average molecular weight is 375 g/mol. The quantitative estimate of drug-likeness (QED) is 0.450. The van der Waals surface area contributed by atoms with Gasteiger partial charge in [0.2, 0.25) is 5.91 Å². The van der Waals surface area contributed by atoms with Crippen molar-refractivity contribution >= 4 is 33.6 Å². The van der Waals surface area contributed by atoms with Crippen LogP contribution in [0.15, 0.2) is 59.1 Å². The number of hydrogen-bond donors (Lipinski definition) is 0. The Morgan fingerprint density at radius 1 is 1.26 bits per heavy atom. The van der Waals surface area contributed by atoms with Crippen LogP contribution < -0.4 is 0 Å². The minimum Gasteiger partial charge on any atom is -0.338 e. The van der Waals surface area contributed by atoms with Crippen molar-refractivity contribution in [3.8, 4) is 0 Å². The van der Waals surface area contributed by atoms with E-state index in [-0.39, 0.29) is 11.6 Å². The second-order valence-electron chi connectivity index (χ2n) is 5.01. The first-order chi connectivity index (χ1) is 11.0. The summed E-state index contributed by atoms with van der Waals surface area (Å²) in [5, 5.41) is 10.7. The van der Waals surface area contributed by atoms with E-state index < -0.39 is 4.92 Å². The van der Waals surface area contributed by atoms with Gasteiger partial charge in [-0.15, -0.1) is 0 Å². The maximum absolute atomic E-state index is 12.1. The predicted molar refractivity (Wildman–Crippen MR) is 92.7 cm³/mol. The number of carbonyl (C=O) groups excluding carboxylic acids is 1. The number of benzene rings is 2. The highest BCUT2D eigenvalue weighted by Gasteiger charge is 2.07. The summed E-state index contributed by atoms with van der Waals surface area (Å²) < 4.78 is 0.987. The zero-order valence-corrected chi connectivity index (χ0v) is 14.1. The van der Waals surface area contributed by atoms with Crippen molar-refractivity contribution in [1.82, 2.24) is 4.90 Å². The summed E-state index contributed by atoms with van der Waals surface area (Å²) >= 11 is 3.37. The Morgan fingerprint density at radius 3 is 2.61 bits per heavy atom. The van der Waals surface area contributed by atoms with Crippen LogP contribution in [0.3, 0.4) is 0 Å². The van der Waals surface area contributed by atoms with Gasteiger partial charge in [-0.05, 0) is 29.3 Å². The summed E-state index contributed by atoms with van der Waals surface area (Å²) in [7, 11) is 1.71. The van der Waals surface area contributed by atoms with E-state index in [4.69, 9.17) is 0 Å². The van der Waals surface area contributed by atoms with Crippen LogP contribution in [0.2, 0.25) is 0 Å². The molecule has 23 heavy (non-hydrogen) atoms. The molecular weight excluding hydrogens is 360 g/mol. The Kier molecular flexibility index (Phi) is 5.65. The number of nitrogens with zero attached hydrogens (tertiary/aromatic N) is 2. The molecule has 0 saturated carbocycles. The van der Waals surface area contributed by atoms with Crippen molar-refractivity contribution in [3.63, 3.8) is 0 Å². The van der Waals surface area contributed by atoms with Gasteiger partial charge in [0.05, 0.1) is 4.92 Å². The molecule has 0 spiro atoms. The normalized spacial score (nSPS) is 10.7. The molecule has 2 rings (SSSR count). The Balaban J connectivity index is 2.01. The van der Waals surface area contributed by atoms with E-state index in [1.54, 1.807) is 30.2 Å². The highest BCUT2D eigenvalue weighted by Crippen LogP contribution is 2.15. The number of carbonyl (C=O) groups is 1. The Bertz CT molecular complexity index is 742. The van der Waals surface area contributed by atoms with Gasteiger partial charge in [-0.25, -0.2) is 0 Å². The molecule has 0 aromatic heterocycles. The molecule has 0 fully saturated rings. The summed E-state index contributed by atoms with van der Waals surface area (Å²) in [6.45, 7) is 0.491. The van der Waals surface area contributed by atoms with Crippen molar-refractivity contribution < 1.29 is 9.72 Å². The SMILES string of the molecule is CN(Cc1ccc(Br)cc1)C(=O)/C=C/c1cccc([N+](=O)[O-])c1. The summed E-state index contributed by atoms with van der Waals surface area (Å²) in [5.74, 6) is -0.167. The number of rotatable bonds is 5. The molecule has 0 unspecified atom stereocenters. The Morgan fingerprint density at radius 2 is 1.96 bits per heavy atom. The third kappa shape index (κ3) is 5.03. The predicted octanol–water partition coefficient (Wildman–Crippen LogP) is 4.03. The zero-order chi connectivity index (χ0) is 16.8. The van der Waals surface area contributed by atoms with Gasteiger partial charge in [-0.1, -0.05) is 40.2 Å². The average Bonchev–Trinajstić information content (AvgIpc) is 2.55. The molecule has 0 radical (unpaired) electrons. The van der Waals surface area contributed by atoms with E-state index in [1.807, 2.05) is 24.3 Å². The van der Waals surface area contributed by atoms with Crippen molar-refractivity contribution in [2.45, 2.75) is 6.54 Å². The van der Waals surface area contributed by atoms with E-state index in [0.29, 0.717) is 12.1 Å². The minimum atomic E-state index is -0.460. The molecule has 6 heteroatoms. The van der Waals surface area contributed by atoms with Gasteiger partial charge >= 0.3 is 0 Å². The van der Waals surface area contributed by atoms with Crippen molar-refractivity contribution in [2.24, 2.45) is 0 Å². The summed E-state index contributed by atoms with van der Waals surface area (Å²) in [6, 6.07) is 13.9. The van der Waals surface area contributed by atoms with Crippen molar-refractivity contribution in [1.29, 1.82) is 0 Å². The summed E-state index contributed by atoms with van der Waals surface area (Å²) in [5.41, 5.74) is 1.64. The lowest BCUT2D eigenvalue weighted by molar-refractivity contribution is -0.384. The van der Waals surface area contributed by atoms with Crippen molar-refractivity contribution in [2.75, 3.05) is 7.05 Å². The topological polar surface area (TPSA) is 63.5 Å². The third-order valence-corrected chi connectivity index (χ3v) is 3.74. The van der Waals surface area contributed by atoms with Crippen LogP contribution in [0.25, 0.3) is 6.08 Å². The van der Waals surface area contributed by atoms with Crippen LogP contribution in [0, 0.1) is 10.1 Å². The molecule has 0 aliphatic heterocycles. The van der Waals surface area contributed by atoms with Gasteiger partial charge in [-0.2, -0.15) is 0 Å². The largest absolute Gasteiger partial charge is 0.338 e. The minimum absolute atomic E-state index is 0.00261. The maximum atomic E-state index is 12.1. The highest BCUT2D eigenvalue weighted by atomic mass is 79.9. The van der Waals surface area contributed by atoms with Gasteiger partial charge in [0.15, 0.2) is 0 Å². The van der Waals surface area contributed by atoms with Gasteiger partial charge in [0.1, 0.15) is 0 Å². The number of nitro benzene ring substituents is 1. The molecule has 0 N–H and O–H groups in total. The van der Waals surface area contributed by atoms with Crippen LogP contribution in [-0.4, -0.2) is 22.8 Å². The highest BCUT2D eigenvalue weighted by molar-refractivity contribution is 9.10. The van der Waals surface area contributed by atoms with Gasteiger partial charge in [-0.3, -0.25) is 14.9 Å². The number of non-ortho nitro benzene ring substituents is 1. The molecule has 0 atom stereocenters. The molecule has 1 amide bonds. The first-order valence-corrected chi connectivity index (χ1v) is 7.67. The van der Waals surface area contributed by atoms with Crippen molar-refractivity contribution in [3.05, 3.63) is 80.3 Å². The van der Waals surface area contributed by atoms with Crippen LogP contribution in [0.4, 0.5) is 5.69 Å². The van der Waals surface area contributed by atoms with Gasteiger partial charge < -0.3 is 4.90 Å². The van der Waals surface area contributed by atoms with Crippen LogP contribution in [-0.2, 0) is 11.3 Å². The fraction of sp³-hybridized carbons (Fsp3) is 0.118. The molecule has 2 aromatic carbocycles. The lowest BCUT2D eigenvalue weighted by atomic mass is 10.2. The first-order valence-electron chi connectivity index (χ1n) is 6.88. The monoisotopic (exact) mass is 374 g/mol. The molecular formula is C17H15BrN2O3. The van der Waals surface area contributed by atoms with E-state index >= 15 is 0 Å². The number of halogens is 1. The van der Waals surface area contributed by atoms with Crippen LogP contribution in [0.1, 0.15) is 11.1 Å². The van der Waals surface area contributed by atoms with E-state index in [0.717, 1.165) is 10.0 Å². The Labute approximate surface area is 142 Å². The number of hydrogen-bond acceptors (Lipinski definition) is 3. The molecule has 0 saturated heterocycles. The van der Waals surface area contributed by atoms with Crippen LogP contribution in [0.5, 0.6) is 0 Å². The van der Waals surface area contributed by atoms with Gasteiger partial charge in [0.25, 0.3) is 5.69 Å². The summed E-state index contributed by atoms with van der Waals surface area (Å²) in [6.07, 6.45) is 2.99. The lowest BCUT2D eigenvalue weighted by Crippen LogP contribution is -2.24. The van der Waals surface area contributed by atoms with Gasteiger partial charge in [0, 0.05) is 36.3 Å². The van der Waals surface area contributed by atoms with Crippen LogP contribution >= 0.6 is 15.9 Å². The number of amides is 1. The third-order valence-electron chi connectivity index (χ3n) is 3.21. The summed E-state index contributed by atoms with van der Waals surface area (Å²) in [4.78, 5) is 24.0. The number of nitro groups is 1. The van der Waals surface area contributed by atoms with E-state index in [1.165, 1.54) is 18.2 Å². The van der Waals surface area contributed by atoms with E-state index in [9.17, 15) is 14.9 Å². The molecule has 0 heterocycles. The van der Waals surface area contributed by atoms with E-state index in [2.05, 4.69) is 15.9 Å². The second kappa shape index (κ2) is 7.69. The second-order valence-corrected chi connectivity index (χ2v) is 5.92. The Hall–Kier alpha value is -2.47. The zero-order valence-electron chi connectivity index (χ0n) is 12.5. The standard InChI is InChI=1S/C17H15BrN2O3/c1-19(12-14-5-8-15(18)9-6-14)17(21)10-7-13-3-2-4-16(11-13)20(22)23/h2-11H,12H2,1H3/b10-7+. The molecule has 2 aromatic rings. The fourth-order valence-electron chi connectivity index (χ4n) is 1.98. The molecule has 0 bridgehead atoms. The lowest BCUT2D eigenvalue weighted by Gasteiger charge is -2.15. The first kappa shape index (κ1) is 16.9. The molecule has 0 aliphatic rings. The molecule has 118 valence electrons.